The third kappa shape index (κ3) is 4.15. The maximum Gasteiger partial charge on any atom is 0.261 e. The third-order valence-electron chi connectivity index (χ3n) is 4.40. The summed E-state index contributed by atoms with van der Waals surface area (Å²) in [6.07, 6.45) is 0. The molecule has 0 unspecified atom stereocenters. The highest BCUT2D eigenvalue weighted by Crippen LogP contribution is 2.21. The average Bonchev–Trinajstić information content (AvgIpc) is 2.62. The molecule has 9 heteroatoms. The summed E-state index contributed by atoms with van der Waals surface area (Å²) in [5.74, 6) is -2.89. The zero-order valence-electron chi connectivity index (χ0n) is 14.7. The van der Waals surface area contributed by atoms with E-state index in [4.69, 9.17) is 0 Å². The molecule has 0 spiro atoms. The summed E-state index contributed by atoms with van der Waals surface area (Å²) in [4.78, 5) is 14.2. The van der Waals surface area contributed by atoms with Crippen LogP contribution in [0.4, 0.5) is 14.5 Å². The Bertz CT molecular complexity index is 921. The lowest BCUT2D eigenvalue weighted by atomic mass is 10.2. The molecule has 1 N–H and O–H groups in total. The topological polar surface area (TPSA) is 69.7 Å². The van der Waals surface area contributed by atoms with Crippen molar-refractivity contribution in [2.75, 3.05) is 38.5 Å². The smallest absolute Gasteiger partial charge is 0.261 e. The van der Waals surface area contributed by atoms with Crippen LogP contribution in [0.25, 0.3) is 0 Å². The Morgan fingerprint density at radius 3 is 2.07 bits per heavy atom. The lowest BCUT2D eigenvalue weighted by Gasteiger charge is -2.31. The maximum atomic E-state index is 13.7. The molecule has 1 fully saturated rings. The van der Waals surface area contributed by atoms with E-state index in [2.05, 4.69) is 5.32 Å². The summed E-state index contributed by atoms with van der Waals surface area (Å²) >= 11 is 0. The fourth-order valence-electron chi connectivity index (χ4n) is 2.80. The number of rotatable bonds is 4. The zero-order chi connectivity index (χ0) is 19.6. The van der Waals surface area contributed by atoms with Gasteiger partial charge in [0.2, 0.25) is 10.0 Å². The van der Waals surface area contributed by atoms with E-state index in [1.54, 1.807) is 0 Å². The highest BCUT2D eigenvalue weighted by molar-refractivity contribution is 7.89. The van der Waals surface area contributed by atoms with Gasteiger partial charge in [-0.25, -0.2) is 17.2 Å². The Morgan fingerprint density at radius 1 is 0.963 bits per heavy atom. The van der Waals surface area contributed by atoms with E-state index < -0.39 is 33.1 Å². The SMILES string of the molecule is CN1CCN(S(=O)(=O)c2ccc(NC(=O)c3c(F)cccc3F)cc2)CC1. The summed E-state index contributed by atoms with van der Waals surface area (Å²) in [6.45, 7) is 2.12. The van der Waals surface area contributed by atoms with E-state index >= 15 is 0 Å². The van der Waals surface area contributed by atoms with E-state index in [0.717, 1.165) is 12.1 Å². The van der Waals surface area contributed by atoms with Gasteiger partial charge in [-0.3, -0.25) is 4.79 Å². The minimum absolute atomic E-state index is 0.0992. The van der Waals surface area contributed by atoms with Crippen LogP contribution in [0, 0.1) is 11.6 Å². The van der Waals surface area contributed by atoms with Crippen molar-refractivity contribution in [3.05, 3.63) is 59.7 Å². The molecule has 2 aromatic carbocycles. The second-order valence-corrected chi connectivity index (χ2v) is 8.22. The first-order valence-corrected chi connectivity index (χ1v) is 9.77. The van der Waals surface area contributed by atoms with Crippen molar-refractivity contribution < 1.29 is 22.0 Å². The molecular weight excluding hydrogens is 376 g/mol. The first-order chi connectivity index (χ1) is 12.8. The number of carbonyl (C=O) groups is 1. The molecular formula is C18H19F2N3O3S. The van der Waals surface area contributed by atoms with E-state index in [1.807, 2.05) is 11.9 Å². The Hall–Kier alpha value is -2.36. The van der Waals surface area contributed by atoms with E-state index in [1.165, 1.54) is 34.6 Å². The van der Waals surface area contributed by atoms with Crippen molar-refractivity contribution in [1.29, 1.82) is 0 Å². The Morgan fingerprint density at radius 2 is 1.52 bits per heavy atom. The largest absolute Gasteiger partial charge is 0.322 e. The molecule has 1 amide bonds. The van der Waals surface area contributed by atoms with Crippen molar-refractivity contribution in [3.63, 3.8) is 0 Å². The highest BCUT2D eigenvalue weighted by atomic mass is 32.2. The number of piperazine rings is 1. The van der Waals surface area contributed by atoms with Crippen LogP contribution in [-0.2, 0) is 10.0 Å². The normalized spacial score (nSPS) is 16.3. The summed E-state index contributed by atoms with van der Waals surface area (Å²) in [7, 11) is -1.69. The average molecular weight is 395 g/mol. The Kier molecular flexibility index (Phi) is 5.54. The van der Waals surface area contributed by atoms with E-state index in [0.29, 0.717) is 26.2 Å². The van der Waals surface area contributed by atoms with Gasteiger partial charge in [0.15, 0.2) is 0 Å². The van der Waals surface area contributed by atoms with Gasteiger partial charge >= 0.3 is 0 Å². The molecule has 0 saturated carbocycles. The quantitative estimate of drug-likeness (QED) is 0.861. The van der Waals surface area contributed by atoms with Gasteiger partial charge in [0, 0.05) is 31.9 Å². The lowest BCUT2D eigenvalue weighted by molar-refractivity contribution is 0.101. The number of anilines is 1. The fraction of sp³-hybridized carbons (Fsp3) is 0.278. The first kappa shape index (κ1) is 19.4. The van der Waals surface area contributed by atoms with E-state index in [9.17, 15) is 22.0 Å². The van der Waals surface area contributed by atoms with E-state index in [-0.39, 0.29) is 10.6 Å². The van der Waals surface area contributed by atoms with Crippen molar-refractivity contribution in [3.8, 4) is 0 Å². The molecule has 0 aliphatic carbocycles. The van der Waals surface area contributed by atoms with Crippen LogP contribution in [0.5, 0.6) is 0 Å². The molecule has 3 rings (SSSR count). The predicted octanol–water partition coefficient (Wildman–Crippen LogP) is 2.15. The standard InChI is InChI=1S/C18H19F2N3O3S/c1-22-9-11-23(12-10-22)27(25,26)14-7-5-13(6-8-14)21-18(24)17-15(19)3-2-4-16(17)20/h2-8H,9-12H2,1H3,(H,21,24). The maximum absolute atomic E-state index is 13.7. The van der Waals surface area contributed by atoms with Crippen molar-refractivity contribution in [1.82, 2.24) is 9.21 Å². The van der Waals surface area contributed by atoms with Gasteiger partial charge in [-0.1, -0.05) is 6.07 Å². The van der Waals surface area contributed by atoms with Gasteiger partial charge < -0.3 is 10.2 Å². The molecule has 144 valence electrons. The molecule has 2 aromatic rings. The minimum atomic E-state index is -3.62. The fourth-order valence-corrected chi connectivity index (χ4v) is 4.22. The minimum Gasteiger partial charge on any atom is -0.322 e. The van der Waals surface area contributed by atoms with Crippen LogP contribution in [0.15, 0.2) is 47.4 Å². The van der Waals surface area contributed by atoms with Crippen LogP contribution >= 0.6 is 0 Å². The molecule has 0 radical (unpaired) electrons. The number of sulfonamides is 1. The van der Waals surface area contributed by atoms with Crippen LogP contribution in [-0.4, -0.2) is 56.8 Å². The number of benzene rings is 2. The number of amides is 1. The second kappa shape index (κ2) is 7.71. The van der Waals surface area contributed by atoms with Crippen molar-refractivity contribution >= 4 is 21.6 Å². The molecule has 0 aromatic heterocycles. The van der Waals surface area contributed by atoms with Gasteiger partial charge in [0.1, 0.15) is 17.2 Å². The first-order valence-electron chi connectivity index (χ1n) is 8.33. The van der Waals surface area contributed by atoms with Crippen LogP contribution in [0.3, 0.4) is 0 Å². The number of nitrogens with one attached hydrogen (secondary N) is 1. The van der Waals surface area contributed by atoms with Gasteiger partial charge in [0.05, 0.1) is 4.90 Å². The molecule has 1 aliphatic heterocycles. The lowest BCUT2D eigenvalue weighted by Crippen LogP contribution is -2.46. The second-order valence-electron chi connectivity index (χ2n) is 6.28. The van der Waals surface area contributed by atoms with Crippen LogP contribution < -0.4 is 5.32 Å². The monoisotopic (exact) mass is 395 g/mol. The Labute approximate surface area is 156 Å². The summed E-state index contributed by atoms with van der Waals surface area (Å²) in [5.41, 5.74) is -0.452. The van der Waals surface area contributed by atoms with Crippen LogP contribution in [0.1, 0.15) is 10.4 Å². The molecule has 0 bridgehead atoms. The van der Waals surface area contributed by atoms with Crippen molar-refractivity contribution in [2.24, 2.45) is 0 Å². The number of likely N-dealkylation sites (N-methyl/N-ethyl adjacent to an activating group) is 1. The molecule has 1 aliphatic rings. The molecule has 6 nitrogen and oxygen atoms in total. The predicted molar refractivity (Wildman–Crippen MR) is 97.0 cm³/mol. The number of nitrogens with zero attached hydrogens (tertiary/aromatic N) is 2. The summed E-state index contributed by atoms with van der Waals surface area (Å²) in [6, 6.07) is 8.65. The summed E-state index contributed by atoms with van der Waals surface area (Å²) in [5, 5.41) is 2.37. The number of hydrogen-bond acceptors (Lipinski definition) is 4. The third-order valence-corrected chi connectivity index (χ3v) is 6.31. The number of hydrogen-bond donors (Lipinski definition) is 1. The van der Waals surface area contributed by atoms with Gasteiger partial charge in [0.25, 0.3) is 5.91 Å². The summed E-state index contributed by atoms with van der Waals surface area (Å²) < 4.78 is 54.1. The van der Waals surface area contributed by atoms with Crippen molar-refractivity contribution in [2.45, 2.75) is 4.90 Å². The Balaban J connectivity index is 1.75. The van der Waals surface area contributed by atoms with Gasteiger partial charge in [-0.2, -0.15) is 4.31 Å². The zero-order valence-corrected chi connectivity index (χ0v) is 15.5. The molecule has 1 heterocycles. The molecule has 0 atom stereocenters. The number of carbonyl (C=O) groups excluding carboxylic acids is 1. The highest BCUT2D eigenvalue weighted by Gasteiger charge is 2.27. The molecule has 1 saturated heterocycles. The molecule has 27 heavy (non-hydrogen) atoms. The number of halogens is 2. The van der Waals surface area contributed by atoms with Crippen LogP contribution in [0.2, 0.25) is 0 Å². The van der Waals surface area contributed by atoms with Gasteiger partial charge in [-0.05, 0) is 43.4 Å². The van der Waals surface area contributed by atoms with Gasteiger partial charge in [-0.15, -0.1) is 0 Å².